The molecule has 1 aromatic rings. The van der Waals surface area contributed by atoms with E-state index in [1.165, 1.54) is 4.90 Å². The van der Waals surface area contributed by atoms with Gasteiger partial charge in [0.05, 0.1) is 6.04 Å². The van der Waals surface area contributed by atoms with Gasteiger partial charge in [0.15, 0.2) is 0 Å². The lowest BCUT2D eigenvalue weighted by Crippen LogP contribution is -2.43. The third-order valence-corrected chi connectivity index (χ3v) is 4.24. The lowest BCUT2D eigenvalue weighted by atomic mass is 10.0. The van der Waals surface area contributed by atoms with Gasteiger partial charge in [-0.25, -0.2) is 0 Å². The molecule has 3 nitrogen and oxygen atoms in total. The number of carbonyl (C=O) groups excluding carboxylic acids is 1. The lowest BCUT2D eigenvalue weighted by Gasteiger charge is -2.15. The van der Waals surface area contributed by atoms with Crippen molar-refractivity contribution in [2.45, 2.75) is 24.3 Å². The molecule has 0 spiro atoms. The third-order valence-electron chi connectivity index (χ3n) is 3.23. The second-order valence-electron chi connectivity index (χ2n) is 4.65. The summed E-state index contributed by atoms with van der Waals surface area (Å²) in [5, 5.41) is 6.25. The van der Waals surface area contributed by atoms with E-state index in [1.54, 1.807) is 11.8 Å². The molecule has 0 saturated carbocycles. The Morgan fingerprint density at radius 2 is 2.22 bits per heavy atom. The molecule has 18 heavy (non-hydrogen) atoms. The van der Waals surface area contributed by atoms with E-state index < -0.39 is 0 Å². The smallest absolute Gasteiger partial charge is 0.237 e. The van der Waals surface area contributed by atoms with Crippen LogP contribution in [-0.4, -0.2) is 30.8 Å². The fraction of sp³-hybridized carbons (Fsp3) is 0.500. The van der Waals surface area contributed by atoms with Crippen molar-refractivity contribution in [1.29, 1.82) is 0 Å². The molecule has 1 aliphatic rings. The minimum absolute atomic E-state index is 0.00623. The first-order valence-corrected chi connectivity index (χ1v) is 7.45. The summed E-state index contributed by atoms with van der Waals surface area (Å²) in [7, 11) is 0. The van der Waals surface area contributed by atoms with E-state index in [-0.39, 0.29) is 11.9 Å². The predicted octanol–water partition coefficient (Wildman–Crippen LogP) is 1.89. The third kappa shape index (κ3) is 3.75. The maximum atomic E-state index is 11.9. The van der Waals surface area contributed by atoms with Crippen LogP contribution in [0.15, 0.2) is 35.2 Å². The number of nitrogens with one attached hydrogen (secondary N) is 2. The Bertz CT molecular complexity index is 383. The SMILES string of the molecule is CC1CCNC1C(=O)NCCSc1ccccc1. The molecule has 1 aliphatic heterocycles. The molecule has 1 fully saturated rings. The minimum atomic E-state index is 0.00623. The number of rotatable bonds is 5. The number of carbonyl (C=O) groups is 1. The zero-order valence-corrected chi connectivity index (χ0v) is 11.5. The zero-order chi connectivity index (χ0) is 12.8. The highest BCUT2D eigenvalue weighted by Gasteiger charge is 2.28. The molecule has 1 aromatic carbocycles. The van der Waals surface area contributed by atoms with Gasteiger partial charge in [0.1, 0.15) is 0 Å². The van der Waals surface area contributed by atoms with Crippen molar-refractivity contribution in [2.75, 3.05) is 18.8 Å². The standard InChI is InChI=1S/C14H20N2OS/c1-11-7-8-15-13(11)14(17)16-9-10-18-12-5-3-2-4-6-12/h2-6,11,13,15H,7-10H2,1H3,(H,16,17). The molecule has 0 aromatic heterocycles. The molecule has 1 saturated heterocycles. The van der Waals surface area contributed by atoms with E-state index in [9.17, 15) is 4.79 Å². The summed E-state index contributed by atoms with van der Waals surface area (Å²) in [6.45, 7) is 3.81. The van der Waals surface area contributed by atoms with Crippen molar-refractivity contribution in [2.24, 2.45) is 5.92 Å². The Morgan fingerprint density at radius 3 is 2.89 bits per heavy atom. The maximum absolute atomic E-state index is 11.9. The Morgan fingerprint density at radius 1 is 1.44 bits per heavy atom. The largest absolute Gasteiger partial charge is 0.354 e. The highest BCUT2D eigenvalue weighted by Crippen LogP contribution is 2.16. The molecule has 0 radical (unpaired) electrons. The molecule has 2 rings (SSSR count). The van der Waals surface area contributed by atoms with Crippen molar-refractivity contribution in [3.63, 3.8) is 0 Å². The topological polar surface area (TPSA) is 41.1 Å². The van der Waals surface area contributed by atoms with Gasteiger partial charge in [-0.2, -0.15) is 0 Å². The van der Waals surface area contributed by atoms with Gasteiger partial charge < -0.3 is 10.6 Å². The fourth-order valence-corrected chi connectivity index (χ4v) is 2.94. The normalized spacial score (nSPS) is 22.9. The highest BCUT2D eigenvalue weighted by atomic mass is 32.2. The summed E-state index contributed by atoms with van der Waals surface area (Å²) >= 11 is 1.77. The van der Waals surface area contributed by atoms with Crippen molar-refractivity contribution in [1.82, 2.24) is 10.6 Å². The molecular formula is C14H20N2OS. The van der Waals surface area contributed by atoms with Gasteiger partial charge in [-0.3, -0.25) is 4.79 Å². The zero-order valence-electron chi connectivity index (χ0n) is 10.7. The van der Waals surface area contributed by atoms with Crippen molar-refractivity contribution < 1.29 is 4.79 Å². The molecule has 0 bridgehead atoms. The van der Waals surface area contributed by atoms with Crippen LogP contribution in [0.2, 0.25) is 0 Å². The maximum Gasteiger partial charge on any atom is 0.237 e. The van der Waals surface area contributed by atoms with Gasteiger partial charge >= 0.3 is 0 Å². The van der Waals surface area contributed by atoms with Crippen LogP contribution in [0, 0.1) is 5.92 Å². The van der Waals surface area contributed by atoms with Gasteiger partial charge in [0, 0.05) is 17.2 Å². The van der Waals surface area contributed by atoms with Gasteiger partial charge in [-0.1, -0.05) is 25.1 Å². The Labute approximate surface area is 113 Å². The van der Waals surface area contributed by atoms with Crippen LogP contribution in [0.1, 0.15) is 13.3 Å². The van der Waals surface area contributed by atoms with E-state index in [0.717, 1.165) is 25.3 Å². The first-order valence-electron chi connectivity index (χ1n) is 6.46. The van der Waals surface area contributed by atoms with E-state index >= 15 is 0 Å². The number of hydrogen-bond acceptors (Lipinski definition) is 3. The summed E-state index contributed by atoms with van der Waals surface area (Å²) in [5.74, 6) is 1.51. The second kappa shape index (κ2) is 6.81. The predicted molar refractivity (Wildman–Crippen MR) is 75.7 cm³/mol. The van der Waals surface area contributed by atoms with Gasteiger partial charge in [0.25, 0.3) is 0 Å². The van der Waals surface area contributed by atoms with Crippen molar-refractivity contribution in [3.8, 4) is 0 Å². The lowest BCUT2D eigenvalue weighted by molar-refractivity contribution is -0.123. The minimum Gasteiger partial charge on any atom is -0.354 e. The quantitative estimate of drug-likeness (QED) is 0.630. The highest BCUT2D eigenvalue weighted by molar-refractivity contribution is 7.99. The summed E-state index contributed by atoms with van der Waals surface area (Å²) in [6, 6.07) is 10.3. The molecule has 0 aliphatic carbocycles. The van der Waals surface area contributed by atoms with Crippen LogP contribution in [0.25, 0.3) is 0 Å². The van der Waals surface area contributed by atoms with E-state index in [0.29, 0.717) is 5.92 Å². The van der Waals surface area contributed by atoms with Crippen molar-refractivity contribution in [3.05, 3.63) is 30.3 Å². The number of benzene rings is 1. The molecule has 98 valence electrons. The molecular weight excluding hydrogens is 244 g/mol. The number of amides is 1. The van der Waals surface area contributed by atoms with E-state index in [1.807, 2.05) is 18.2 Å². The monoisotopic (exact) mass is 264 g/mol. The average molecular weight is 264 g/mol. The molecule has 1 amide bonds. The molecule has 2 unspecified atom stereocenters. The molecule has 1 heterocycles. The van der Waals surface area contributed by atoms with Crippen LogP contribution < -0.4 is 10.6 Å². The van der Waals surface area contributed by atoms with Crippen LogP contribution in [0.4, 0.5) is 0 Å². The summed E-state index contributed by atoms with van der Waals surface area (Å²) in [6.07, 6.45) is 1.09. The van der Waals surface area contributed by atoms with Crippen LogP contribution in [-0.2, 0) is 4.79 Å². The second-order valence-corrected chi connectivity index (χ2v) is 5.82. The van der Waals surface area contributed by atoms with Crippen LogP contribution >= 0.6 is 11.8 Å². The van der Waals surface area contributed by atoms with Crippen molar-refractivity contribution >= 4 is 17.7 Å². The van der Waals surface area contributed by atoms with Gasteiger partial charge in [-0.05, 0) is 31.0 Å². The first kappa shape index (κ1) is 13.4. The van der Waals surface area contributed by atoms with Gasteiger partial charge in [0.2, 0.25) is 5.91 Å². The number of thioether (sulfide) groups is 1. The van der Waals surface area contributed by atoms with Crippen LogP contribution in [0.3, 0.4) is 0 Å². The summed E-state index contributed by atoms with van der Waals surface area (Å²) in [4.78, 5) is 13.1. The number of hydrogen-bond donors (Lipinski definition) is 2. The molecule has 2 atom stereocenters. The van der Waals surface area contributed by atoms with E-state index in [2.05, 4.69) is 29.7 Å². The van der Waals surface area contributed by atoms with E-state index in [4.69, 9.17) is 0 Å². The van der Waals surface area contributed by atoms with Gasteiger partial charge in [-0.15, -0.1) is 11.8 Å². The Balaban J connectivity index is 1.65. The molecule has 4 heteroatoms. The first-order chi connectivity index (χ1) is 8.77. The summed E-state index contributed by atoms with van der Waals surface area (Å²) < 4.78 is 0. The fourth-order valence-electron chi connectivity index (χ4n) is 2.16. The Hall–Kier alpha value is -1.00. The summed E-state index contributed by atoms with van der Waals surface area (Å²) in [5.41, 5.74) is 0. The average Bonchev–Trinajstić information content (AvgIpc) is 2.82. The Kier molecular flexibility index (Phi) is 5.08. The molecule has 2 N–H and O–H groups in total. The van der Waals surface area contributed by atoms with Crippen LogP contribution in [0.5, 0.6) is 0 Å².